The van der Waals surface area contributed by atoms with Gasteiger partial charge in [0.05, 0.1) is 0 Å². The van der Waals surface area contributed by atoms with Gasteiger partial charge in [0.15, 0.2) is 10.2 Å². The molecular weight excluding hydrogens is 272 g/mol. The van der Waals surface area contributed by atoms with Gasteiger partial charge in [-0.3, -0.25) is 10.1 Å². The van der Waals surface area contributed by atoms with E-state index in [0.29, 0.717) is 22.9 Å². The van der Waals surface area contributed by atoms with Gasteiger partial charge in [-0.1, -0.05) is 13.8 Å². The second-order valence-corrected chi connectivity index (χ2v) is 5.15. The van der Waals surface area contributed by atoms with Crippen LogP contribution in [0.2, 0.25) is 0 Å². The Hall–Kier alpha value is -0.810. The van der Waals surface area contributed by atoms with E-state index in [1.807, 2.05) is 0 Å². The van der Waals surface area contributed by atoms with Crippen molar-refractivity contribution < 1.29 is 9.21 Å². The Morgan fingerprint density at radius 2 is 2.25 bits per heavy atom. The second kappa shape index (κ2) is 5.01. The molecule has 1 heterocycles. The molecule has 1 amide bonds. The van der Waals surface area contributed by atoms with Gasteiger partial charge < -0.3 is 10.2 Å². The van der Waals surface area contributed by atoms with Crippen molar-refractivity contribution in [1.82, 2.24) is 5.32 Å². The zero-order valence-electron chi connectivity index (χ0n) is 9.71. The van der Waals surface area contributed by atoms with Gasteiger partial charge in [-0.2, -0.15) is 0 Å². The highest BCUT2D eigenvalue weighted by Gasteiger charge is 2.36. The molecule has 0 aliphatic rings. The molecule has 0 aliphatic carbocycles. The number of carbonyl (C=O) groups excluding carboxylic acids is 1. The van der Waals surface area contributed by atoms with Crippen molar-refractivity contribution in [3.05, 3.63) is 22.6 Å². The molecule has 0 radical (unpaired) electrons. The summed E-state index contributed by atoms with van der Waals surface area (Å²) in [5, 5.41) is 3.14. The van der Waals surface area contributed by atoms with Crippen LogP contribution in [0.1, 0.15) is 26.5 Å². The molecule has 0 spiro atoms. The largest absolute Gasteiger partial charge is 0.452 e. The van der Waals surface area contributed by atoms with Crippen molar-refractivity contribution in [3.8, 4) is 0 Å². The number of nitrogens with one attached hydrogen (secondary N) is 1. The Morgan fingerprint density at radius 1 is 1.62 bits per heavy atom. The van der Waals surface area contributed by atoms with Gasteiger partial charge in [-0.15, -0.1) is 0 Å². The van der Waals surface area contributed by atoms with Crippen molar-refractivity contribution in [3.63, 3.8) is 0 Å². The van der Waals surface area contributed by atoms with Crippen LogP contribution in [0.3, 0.4) is 0 Å². The van der Waals surface area contributed by atoms with Crippen molar-refractivity contribution in [2.24, 2.45) is 11.7 Å². The number of rotatable bonds is 5. The highest BCUT2D eigenvalue weighted by atomic mass is 79.9. The molecule has 1 atom stereocenters. The predicted octanol–water partition coefficient (Wildman–Crippen LogP) is 1.99. The number of primary amides is 1. The molecule has 0 aliphatic heterocycles. The Kier molecular flexibility index (Phi) is 4.15. The molecule has 4 nitrogen and oxygen atoms in total. The molecule has 16 heavy (non-hydrogen) atoms. The van der Waals surface area contributed by atoms with Gasteiger partial charge in [0.1, 0.15) is 5.76 Å². The van der Waals surface area contributed by atoms with E-state index in [4.69, 9.17) is 10.2 Å². The van der Waals surface area contributed by atoms with Crippen LogP contribution in [0.5, 0.6) is 0 Å². The molecule has 0 saturated heterocycles. The molecule has 1 aromatic rings. The second-order valence-electron chi connectivity index (χ2n) is 4.37. The monoisotopic (exact) mass is 288 g/mol. The summed E-state index contributed by atoms with van der Waals surface area (Å²) in [6, 6.07) is 3.48. The van der Waals surface area contributed by atoms with Gasteiger partial charge in [-0.05, 0) is 47.4 Å². The lowest BCUT2D eigenvalue weighted by atomic mass is 9.97. The average Bonchev–Trinajstić information content (AvgIpc) is 2.61. The fourth-order valence-electron chi connectivity index (χ4n) is 1.29. The minimum Gasteiger partial charge on any atom is -0.452 e. The lowest BCUT2D eigenvalue weighted by Gasteiger charge is -2.26. The lowest BCUT2D eigenvalue weighted by Crippen LogP contribution is -2.51. The van der Waals surface area contributed by atoms with E-state index in [1.54, 1.807) is 19.1 Å². The van der Waals surface area contributed by atoms with E-state index in [2.05, 4.69) is 35.1 Å². The first-order valence-corrected chi connectivity index (χ1v) is 5.96. The van der Waals surface area contributed by atoms with Gasteiger partial charge in [0.2, 0.25) is 5.91 Å². The van der Waals surface area contributed by atoms with Crippen LogP contribution >= 0.6 is 15.9 Å². The van der Waals surface area contributed by atoms with E-state index in [-0.39, 0.29) is 0 Å². The fourth-order valence-corrected chi connectivity index (χ4v) is 1.59. The first-order valence-electron chi connectivity index (χ1n) is 5.17. The summed E-state index contributed by atoms with van der Waals surface area (Å²) in [6.07, 6.45) is 0. The van der Waals surface area contributed by atoms with Gasteiger partial charge in [-0.25, -0.2) is 0 Å². The molecule has 1 aromatic heterocycles. The summed E-state index contributed by atoms with van der Waals surface area (Å²) in [6.45, 7) is 6.54. The van der Waals surface area contributed by atoms with Crippen molar-refractivity contribution in [2.45, 2.75) is 26.3 Å². The molecule has 0 bridgehead atoms. The summed E-state index contributed by atoms with van der Waals surface area (Å²) in [7, 11) is 0. The van der Waals surface area contributed by atoms with E-state index in [0.717, 1.165) is 0 Å². The zero-order valence-corrected chi connectivity index (χ0v) is 11.3. The Balaban J connectivity index is 2.92. The summed E-state index contributed by atoms with van der Waals surface area (Å²) in [5.41, 5.74) is 4.46. The maximum absolute atomic E-state index is 11.5. The normalized spacial score (nSPS) is 15.1. The molecule has 0 fully saturated rings. The number of nitrogens with two attached hydrogens (primary N) is 1. The Labute approximate surface area is 104 Å². The highest BCUT2D eigenvalue weighted by molar-refractivity contribution is 9.10. The zero-order chi connectivity index (χ0) is 12.3. The van der Waals surface area contributed by atoms with Crippen molar-refractivity contribution >= 4 is 21.8 Å². The number of hydrogen-bond acceptors (Lipinski definition) is 3. The van der Waals surface area contributed by atoms with Crippen LogP contribution in [0.15, 0.2) is 21.2 Å². The fraction of sp³-hybridized carbons (Fsp3) is 0.545. The van der Waals surface area contributed by atoms with Crippen LogP contribution in [-0.4, -0.2) is 12.5 Å². The maximum atomic E-state index is 11.5. The van der Waals surface area contributed by atoms with Gasteiger partial charge in [0.25, 0.3) is 0 Å². The lowest BCUT2D eigenvalue weighted by molar-refractivity contribution is -0.124. The third-order valence-corrected chi connectivity index (χ3v) is 2.85. The minimum atomic E-state index is -0.962. The summed E-state index contributed by atoms with van der Waals surface area (Å²) >= 11 is 3.21. The van der Waals surface area contributed by atoms with Crippen LogP contribution in [0.4, 0.5) is 0 Å². The van der Waals surface area contributed by atoms with Crippen LogP contribution < -0.4 is 11.1 Å². The molecule has 1 unspecified atom stereocenters. The number of amides is 1. The number of carbonyl (C=O) groups is 1. The van der Waals surface area contributed by atoms with E-state index >= 15 is 0 Å². The summed E-state index contributed by atoms with van der Waals surface area (Å²) < 4.78 is 5.98. The standard InChI is InChI=1S/C11H17BrN2O2/c1-7(2)6-14-11(3,10(13)15)8-4-5-9(12)16-8/h4-5,7,14H,6H2,1-3H3,(H2,13,15). The van der Waals surface area contributed by atoms with Crippen molar-refractivity contribution in [2.75, 3.05) is 6.54 Å². The number of furan rings is 1. The molecular formula is C11H17BrN2O2. The van der Waals surface area contributed by atoms with Crippen LogP contribution in [-0.2, 0) is 10.3 Å². The first-order chi connectivity index (χ1) is 7.36. The van der Waals surface area contributed by atoms with E-state index in [9.17, 15) is 4.79 Å². The maximum Gasteiger partial charge on any atom is 0.245 e. The Bertz CT molecular complexity index is 376. The Morgan fingerprint density at radius 3 is 2.62 bits per heavy atom. The third-order valence-electron chi connectivity index (χ3n) is 2.42. The molecule has 90 valence electrons. The SMILES string of the molecule is CC(C)CNC(C)(C(N)=O)c1ccc(Br)o1. The summed E-state index contributed by atoms with van der Waals surface area (Å²) in [4.78, 5) is 11.5. The molecule has 1 rings (SSSR count). The van der Waals surface area contributed by atoms with Gasteiger partial charge >= 0.3 is 0 Å². The first kappa shape index (κ1) is 13.3. The van der Waals surface area contributed by atoms with Gasteiger partial charge in [0, 0.05) is 0 Å². The number of hydrogen-bond donors (Lipinski definition) is 2. The summed E-state index contributed by atoms with van der Waals surface area (Å²) in [5.74, 6) is 0.500. The van der Waals surface area contributed by atoms with Crippen molar-refractivity contribution in [1.29, 1.82) is 0 Å². The highest BCUT2D eigenvalue weighted by Crippen LogP contribution is 2.25. The molecule has 3 N–H and O–H groups in total. The quantitative estimate of drug-likeness (QED) is 0.871. The number of halogens is 1. The topological polar surface area (TPSA) is 68.3 Å². The van der Waals surface area contributed by atoms with E-state index < -0.39 is 11.4 Å². The smallest absolute Gasteiger partial charge is 0.245 e. The minimum absolute atomic E-state index is 0.428. The molecule has 0 saturated carbocycles. The predicted molar refractivity (Wildman–Crippen MR) is 65.8 cm³/mol. The molecule has 5 heteroatoms. The average molecular weight is 289 g/mol. The van der Waals surface area contributed by atoms with Crippen LogP contribution in [0.25, 0.3) is 0 Å². The van der Waals surface area contributed by atoms with Crippen LogP contribution in [0, 0.1) is 5.92 Å². The third kappa shape index (κ3) is 2.86. The van der Waals surface area contributed by atoms with E-state index in [1.165, 1.54) is 0 Å². The molecule has 0 aromatic carbocycles.